The zero-order chi connectivity index (χ0) is 28.2. The van der Waals surface area contributed by atoms with Gasteiger partial charge in [0.15, 0.2) is 0 Å². The van der Waals surface area contributed by atoms with Crippen LogP contribution in [0.25, 0.3) is 0 Å². The van der Waals surface area contributed by atoms with E-state index >= 15 is 0 Å². The summed E-state index contributed by atoms with van der Waals surface area (Å²) in [5, 5.41) is 14.0. The number of carbonyl (C=O) groups is 2. The van der Waals surface area contributed by atoms with Crippen LogP contribution in [0.3, 0.4) is 0 Å². The van der Waals surface area contributed by atoms with Crippen molar-refractivity contribution in [2.24, 2.45) is 0 Å². The van der Waals surface area contributed by atoms with E-state index in [-0.39, 0.29) is 12.0 Å². The fourth-order valence-corrected chi connectivity index (χ4v) is 4.00. The van der Waals surface area contributed by atoms with Crippen molar-refractivity contribution in [3.05, 3.63) is 125 Å². The first-order valence-corrected chi connectivity index (χ1v) is 12.5. The Bertz CT molecular complexity index is 1290. The van der Waals surface area contributed by atoms with E-state index in [9.17, 15) is 9.59 Å². The van der Waals surface area contributed by atoms with Crippen LogP contribution >= 0.6 is 0 Å². The second-order valence-electron chi connectivity index (χ2n) is 8.92. The molecule has 0 radical (unpaired) electrons. The van der Waals surface area contributed by atoms with Crippen molar-refractivity contribution < 1.29 is 28.9 Å². The lowest BCUT2D eigenvalue weighted by atomic mass is 9.92. The third-order valence-corrected chi connectivity index (χ3v) is 5.94. The van der Waals surface area contributed by atoms with Gasteiger partial charge < -0.3 is 30.0 Å². The topological polar surface area (TPSA) is 106 Å². The van der Waals surface area contributed by atoms with Gasteiger partial charge in [-0.1, -0.05) is 78.9 Å². The summed E-state index contributed by atoms with van der Waals surface area (Å²) in [7, 11) is 1.30. The molecular formula is C31H34N2O6. The molecule has 4 rings (SSSR count). The first-order chi connectivity index (χ1) is 18.8. The Kier molecular flexibility index (Phi) is 10.6. The number of amides is 1. The molecular weight excluding hydrogens is 496 g/mol. The van der Waals surface area contributed by atoms with Crippen molar-refractivity contribution in [3.63, 3.8) is 0 Å². The van der Waals surface area contributed by atoms with Crippen LogP contribution in [0.4, 0.5) is 9.59 Å². The van der Waals surface area contributed by atoms with Crippen LogP contribution in [0.1, 0.15) is 49.4 Å². The van der Waals surface area contributed by atoms with E-state index in [2.05, 4.69) is 15.4 Å². The molecule has 3 aromatic rings. The van der Waals surface area contributed by atoms with E-state index in [1.807, 2.05) is 112 Å². The predicted molar refractivity (Wildman–Crippen MR) is 149 cm³/mol. The molecule has 0 unspecified atom stereocenters. The van der Waals surface area contributed by atoms with Gasteiger partial charge >= 0.3 is 12.2 Å². The van der Waals surface area contributed by atoms with Crippen LogP contribution in [0, 0.1) is 0 Å². The highest BCUT2D eigenvalue weighted by Gasteiger charge is 2.25. The summed E-state index contributed by atoms with van der Waals surface area (Å²) in [5.74, 6) is 1.15. The van der Waals surface area contributed by atoms with Crippen molar-refractivity contribution in [2.45, 2.75) is 39.3 Å². The summed E-state index contributed by atoms with van der Waals surface area (Å²) in [5.41, 5.74) is 4.88. The largest absolute Gasteiger partial charge is 0.513 e. The number of hydrogen-bond donors (Lipinski definition) is 3. The molecule has 204 valence electrons. The Balaban J connectivity index is 0.000000293. The Hall–Kier alpha value is -4.72. The maximum absolute atomic E-state index is 11.6. The molecule has 8 heteroatoms. The first kappa shape index (κ1) is 28.8. The Morgan fingerprint density at radius 2 is 1.56 bits per heavy atom. The van der Waals surface area contributed by atoms with E-state index in [0.29, 0.717) is 12.4 Å². The second-order valence-corrected chi connectivity index (χ2v) is 8.92. The van der Waals surface area contributed by atoms with Gasteiger partial charge in [0.25, 0.3) is 0 Å². The summed E-state index contributed by atoms with van der Waals surface area (Å²) in [6.07, 6.45) is 0.295. The number of carboxylic acid groups (broad SMARTS) is 1. The van der Waals surface area contributed by atoms with Gasteiger partial charge in [0.1, 0.15) is 18.1 Å². The van der Waals surface area contributed by atoms with Crippen LogP contribution in [0.5, 0.6) is 5.75 Å². The molecule has 0 bridgehead atoms. The summed E-state index contributed by atoms with van der Waals surface area (Å²) < 4.78 is 15.9. The minimum atomic E-state index is -0.994. The zero-order valence-corrected chi connectivity index (χ0v) is 22.5. The number of carbonyl (C=O) groups excluding carboxylic acids is 1. The summed E-state index contributed by atoms with van der Waals surface area (Å²) >= 11 is 0. The molecule has 0 aromatic heterocycles. The van der Waals surface area contributed by atoms with Crippen LogP contribution in [0.2, 0.25) is 0 Å². The summed E-state index contributed by atoms with van der Waals surface area (Å²) in [4.78, 5) is 21.9. The summed E-state index contributed by atoms with van der Waals surface area (Å²) in [6.45, 7) is 6.17. The van der Waals surface area contributed by atoms with Gasteiger partial charge in [0, 0.05) is 5.70 Å². The third kappa shape index (κ3) is 8.96. The maximum Gasteiger partial charge on any atom is 0.513 e. The van der Waals surface area contributed by atoms with E-state index < -0.39 is 12.2 Å². The molecule has 0 saturated heterocycles. The predicted octanol–water partition coefficient (Wildman–Crippen LogP) is 6.89. The SMILES string of the molecule is COC(=O)OC1=C(C)NC(C)=C[C@H]1c1ccc(OCc2ccccc2)cc1.C[C@H](NC(=O)O)c1ccccc1. The Morgan fingerprint density at radius 3 is 2.15 bits per heavy atom. The van der Waals surface area contributed by atoms with Gasteiger partial charge in [-0.3, -0.25) is 0 Å². The molecule has 3 aromatic carbocycles. The lowest BCUT2D eigenvalue weighted by Crippen LogP contribution is -2.24. The second kappa shape index (κ2) is 14.3. The van der Waals surface area contributed by atoms with Crippen LogP contribution in [-0.2, 0) is 16.1 Å². The Morgan fingerprint density at radius 1 is 0.949 bits per heavy atom. The fourth-order valence-electron chi connectivity index (χ4n) is 4.00. The van der Waals surface area contributed by atoms with Gasteiger partial charge in [-0.2, -0.15) is 0 Å². The number of allylic oxidation sites excluding steroid dienone is 3. The van der Waals surface area contributed by atoms with Crippen molar-refractivity contribution >= 4 is 12.2 Å². The monoisotopic (exact) mass is 530 g/mol. The molecule has 0 spiro atoms. The lowest BCUT2D eigenvalue weighted by molar-refractivity contribution is 0.0925. The maximum atomic E-state index is 11.6. The molecule has 1 heterocycles. The number of ether oxygens (including phenoxy) is 3. The standard InChI is InChI=1S/C22H23NO4.C9H11NO2/c1-15-13-20(21(16(2)23-15)27-22(24)25-3)18-9-11-19(12-10-18)26-14-17-7-5-4-6-8-17;1-7(10-9(11)12)8-5-3-2-4-6-8/h4-13,20,23H,14H2,1-3H3;2-7,10H,1H3,(H,11,12)/t20-;7-/m00/s1. The molecule has 1 aliphatic rings. The molecule has 3 N–H and O–H groups in total. The normalized spacial score (nSPS) is 15.0. The number of methoxy groups -OCH3 is 1. The van der Waals surface area contributed by atoms with Crippen molar-refractivity contribution in [1.29, 1.82) is 0 Å². The molecule has 0 saturated carbocycles. The highest BCUT2D eigenvalue weighted by Crippen LogP contribution is 2.33. The van der Waals surface area contributed by atoms with Gasteiger partial charge in [-0.05, 0) is 49.6 Å². The quantitative estimate of drug-likeness (QED) is 0.286. The van der Waals surface area contributed by atoms with Gasteiger partial charge in [-0.25, -0.2) is 9.59 Å². The molecule has 8 nitrogen and oxygen atoms in total. The summed E-state index contributed by atoms with van der Waals surface area (Å²) in [6, 6.07) is 27.1. The average Bonchev–Trinajstić information content (AvgIpc) is 2.94. The van der Waals surface area contributed by atoms with Crippen LogP contribution < -0.4 is 15.4 Å². The van der Waals surface area contributed by atoms with Crippen LogP contribution in [0.15, 0.2) is 108 Å². The van der Waals surface area contributed by atoms with Crippen LogP contribution in [-0.4, -0.2) is 24.5 Å². The number of nitrogens with one attached hydrogen (secondary N) is 2. The minimum Gasteiger partial charge on any atom is -0.489 e. The highest BCUT2D eigenvalue weighted by molar-refractivity contribution is 5.65. The van der Waals surface area contributed by atoms with Crippen molar-refractivity contribution in [2.75, 3.05) is 7.11 Å². The lowest BCUT2D eigenvalue weighted by Gasteiger charge is -2.25. The van der Waals surface area contributed by atoms with E-state index in [4.69, 9.17) is 14.6 Å². The van der Waals surface area contributed by atoms with Gasteiger partial charge in [0.2, 0.25) is 0 Å². The van der Waals surface area contributed by atoms with E-state index in [0.717, 1.165) is 33.8 Å². The third-order valence-electron chi connectivity index (χ3n) is 5.94. The molecule has 1 amide bonds. The van der Waals surface area contributed by atoms with Gasteiger partial charge in [0.05, 0.1) is 24.8 Å². The first-order valence-electron chi connectivity index (χ1n) is 12.5. The van der Waals surface area contributed by atoms with E-state index in [1.165, 1.54) is 7.11 Å². The number of benzene rings is 3. The zero-order valence-electron chi connectivity index (χ0n) is 22.5. The number of dihydropyridines is 1. The molecule has 39 heavy (non-hydrogen) atoms. The molecule has 0 fully saturated rings. The highest BCUT2D eigenvalue weighted by atomic mass is 16.7. The number of rotatable bonds is 7. The molecule has 0 aliphatic carbocycles. The smallest absolute Gasteiger partial charge is 0.489 e. The van der Waals surface area contributed by atoms with Crippen molar-refractivity contribution in [1.82, 2.24) is 10.6 Å². The van der Waals surface area contributed by atoms with E-state index in [1.54, 1.807) is 0 Å². The average molecular weight is 531 g/mol. The molecule has 1 aliphatic heterocycles. The van der Waals surface area contributed by atoms with Crippen molar-refractivity contribution in [3.8, 4) is 5.75 Å². The Labute approximate surface area is 228 Å². The van der Waals surface area contributed by atoms with Gasteiger partial charge in [-0.15, -0.1) is 0 Å². The fraction of sp³-hybridized carbons (Fsp3) is 0.226. The molecule has 2 atom stereocenters. The minimum absolute atomic E-state index is 0.149. The number of hydrogen-bond acceptors (Lipinski definition) is 6.